The summed E-state index contributed by atoms with van der Waals surface area (Å²) in [5.74, 6) is -0.0979. The van der Waals surface area contributed by atoms with Gasteiger partial charge in [0.2, 0.25) is 12.3 Å². The Bertz CT molecular complexity index is 1340. The lowest BCUT2D eigenvalue weighted by Crippen LogP contribution is -2.51. The third-order valence-corrected chi connectivity index (χ3v) is 8.11. The van der Waals surface area contributed by atoms with Crippen molar-refractivity contribution in [1.29, 1.82) is 0 Å². The van der Waals surface area contributed by atoms with Gasteiger partial charge in [-0.15, -0.1) is 0 Å². The smallest absolute Gasteiger partial charge is 0.245 e. The van der Waals surface area contributed by atoms with E-state index in [9.17, 15) is 19.2 Å². The van der Waals surface area contributed by atoms with Crippen molar-refractivity contribution in [3.63, 3.8) is 0 Å². The van der Waals surface area contributed by atoms with Gasteiger partial charge in [0.15, 0.2) is 0 Å². The Balaban J connectivity index is 0.00000132. The Labute approximate surface area is 294 Å². The molecule has 0 heterocycles. The lowest BCUT2D eigenvalue weighted by Gasteiger charge is -2.33. The number of rotatable bonds is 17. The van der Waals surface area contributed by atoms with Gasteiger partial charge in [0.05, 0.1) is 19.3 Å². The predicted octanol–water partition coefficient (Wildman–Crippen LogP) is 5.45. The third kappa shape index (κ3) is 16.5. The van der Waals surface area contributed by atoms with Gasteiger partial charge in [-0.1, -0.05) is 107 Å². The molecule has 0 aliphatic rings. The molecule has 2 amide bonds. The highest BCUT2D eigenvalue weighted by Crippen LogP contribution is 2.21. The molecule has 2 aromatic rings. The largest absolute Gasteiger partial charge is 0.344 e. The number of fused-ring (bicyclic) bond motifs is 1. The lowest BCUT2D eigenvalue weighted by molar-refractivity contribution is -0.141. The first kappa shape index (κ1) is 44.4. The number of likely N-dealkylation sites (N-methyl/N-ethyl adjacent to an activating group) is 3. The molecular weight excluding hydrogens is 626 g/mol. The SMILES string of the molecule is C=C/C=C(CCN(C)C(=O)C(Cc1ccc2ccccc2c1)N(C=O)CN(C)CC)\C(Cl)=C/C.CNC(C=O)C(C)(C)C.CNCC=O. The quantitative estimate of drug-likeness (QED) is 0.130. The second kappa shape index (κ2) is 24.5. The molecule has 0 saturated carbocycles. The van der Waals surface area contributed by atoms with E-state index >= 15 is 0 Å². The molecule has 0 aliphatic heterocycles. The molecule has 9 nitrogen and oxygen atoms in total. The van der Waals surface area contributed by atoms with Crippen LogP contribution in [-0.2, 0) is 25.6 Å². The van der Waals surface area contributed by atoms with Gasteiger partial charge in [-0.2, -0.15) is 0 Å². The number of benzene rings is 2. The van der Waals surface area contributed by atoms with Crippen molar-refractivity contribution in [3.8, 4) is 0 Å². The third-order valence-electron chi connectivity index (χ3n) is 7.65. The van der Waals surface area contributed by atoms with E-state index in [4.69, 9.17) is 11.6 Å². The van der Waals surface area contributed by atoms with Crippen molar-refractivity contribution in [2.24, 2.45) is 5.41 Å². The van der Waals surface area contributed by atoms with Crippen molar-refractivity contribution >= 4 is 47.3 Å². The first-order valence-corrected chi connectivity index (χ1v) is 16.6. The molecule has 266 valence electrons. The van der Waals surface area contributed by atoms with Gasteiger partial charge < -0.3 is 30.0 Å². The summed E-state index contributed by atoms with van der Waals surface area (Å²) in [6.45, 7) is 15.8. The van der Waals surface area contributed by atoms with Crippen LogP contribution in [0.5, 0.6) is 0 Å². The first-order chi connectivity index (χ1) is 22.8. The molecule has 0 saturated heterocycles. The van der Waals surface area contributed by atoms with Crippen molar-refractivity contribution < 1.29 is 19.2 Å². The molecule has 2 rings (SSSR count). The molecule has 0 aliphatic carbocycles. The minimum atomic E-state index is -0.610. The number of hydrogen-bond acceptors (Lipinski definition) is 7. The van der Waals surface area contributed by atoms with Crippen LogP contribution in [-0.4, -0.2) is 106 Å². The monoisotopic (exact) mass is 683 g/mol. The van der Waals surface area contributed by atoms with Crippen LogP contribution in [0.2, 0.25) is 0 Å². The zero-order valence-corrected chi connectivity index (χ0v) is 31.2. The van der Waals surface area contributed by atoms with Crippen LogP contribution in [0, 0.1) is 5.41 Å². The Hall–Kier alpha value is -3.63. The Morgan fingerprint density at radius 3 is 2.12 bits per heavy atom. The number of carbonyl (C=O) groups excluding carboxylic acids is 4. The van der Waals surface area contributed by atoms with Crippen LogP contribution < -0.4 is 10.6 Å². The van der Waals surface area contributed by atoms with Crippen LogP contribution >= 0.6 is 11.6 Å². The van der Waals surface area contributed by atoms with Gasteiger partial charge in [-0.25, -0.2) is 0 Å². The van der Waals surface area contributed by atoms with Gasteiger partial charge in [-0.05, 0) is 68.4 Å². The predicted molar refractivity (Wildman–Crippen MR) is 201 cm³/mol. The summed E-state index contributed by atoms with van der Waals surface area (Å²) in [7, 11) is 7.24. The number of nitrogens with zero attached hydrogens (tertiary/aromatic N) is 3. The number of aldehydes is 2. The van der Waals surface area contributed by atoms with E-state index in [2.05, 4.69) is 41.5 Å². The van der Waals surface area contributed by atoms with E-state index in [1.165, 1.54) is 0 Å². The molecule has 2 aromatic carbocycles. The van der Waals surface area contributed by atoms with E-state index < -0.39 is 6.04 Å². The maximum Gasteiger partial charge on any atom is 0.245 e. The number of hydrogen-bond donors (Lipinski definition) is 2. The van der Waals surface area contributed by atoms with Crippen molar-refractivity contribution in [2.75, 3.05) is 54.5 Å². The summed E-state index contributed by atoms with van der Waals surface area (Å²) < 4.78 is 0. The fourth-order valence-corrected chi connectivity index (χ4v) is 4.73. The highest BCUT2D eigenvalue weighted by molar-refractivity contribution is 6.32. The average molecular weight is 684 g/mol. The maximum atomic E-state index is 13.6. The van der Waals surface area contributed by atoms with Gasteiger partial charge in [-0.3, -0.25) is 14.5 Å². The lowest BCUT2D eigenvalue weighted by atomic mass is 9.88. The highest BCUT2D eigenvalue weighted by atomic mass is 35.5. The van der Waals surface area contributed by atoms with E-state index in [1.54, 1.807) is 37.0 Å². The number of halogens is 1. The first-order valence-electron chi connectivity index (χ1n) is 16.2. The fraction of sp³-hybridized carbons (Fsp3) is 0.474. The van der Waals surface area contributed by atoms with E-state index in [1.807, 2.05) is 76.9 Å². The molecule has 2 N–H and O–H groups in total. The fourth-order valence-electron chi connectivity index (χ4n) is 4.57. The molecule has 0 radical (unpaired) electrons. The second-order valence-corrected chi connectivity index (χ2v) is 12.8. The Morgan fingerprint density at radius 2 is 1.69 bits per heavy atom. The van der Waals surface area contributed by atoms with E-state index in [-0.39, 0.29) is 17.4 Å². The number of nitrogens with one attached hydrogen (secondary N) is 2. The highest BCUT2D eigenvalue weighted by Gasteiger charge is 2.29. The molecule has 0 fully saturated rings. The average Bonchev–Trinajstić information content (AvgIpc) is 3.07. The van der Waals surface area contributed by atoms with Crippen LogP contribution in [0.25, 0.3) is 10.8 Å². The molecule has 10 heteroatoms. The maximum absolute atomic E-state index is 13.6. The van der Waals surface area contributed by atoms with Crippen LogP contribution in [0.1, 0.15) is 46.6 Å². The van der Waals surface area contributed by atoms with E-state index in [0.29, 0.717) is 37.6 Å². The Morgan fingerprint density at radius 1 is 1.04 bits per heavy atom. The van der Waals surface area contributed by atoms with Gasteiger partial charge in [0, 0.05) is 25.0 Å². The number of allylic oxidation sites excluding steroid dienone is 4. The zero-order valence-electron chi connectivity index (χ0n) is 30.5. The molecule has 48 heavy (non-hydrogen) atoms. The normalized spacial score (nSPS) is 12.9. The van der Waals surface area contributed by atoms with Crippen LogP contribution in [0.3, 0.4) is 0 Å². The van der Waals surface area contributed by atoms with Gasteiger partial charge in [0.25, 0.3) is 0 Å². The number of amides is 2. The van der Waals surface area contributed by atoms with Gasteiger partial charge in [0.1, 0.15) is 18.6 Å². The molecule has 0 spiro atoms. The molecule has 0 bridgehead atoms. The molecule has 2 unspecified atom stereocenters. The van der Waals surface area contributed by atoms with Crippen LogP contribution in [0.15, 0.2) is 77.9 Å². The van der Waals surface area contributed by atoms with Crippen molar-refractivity contribution in [2.45, 2.75) is 59.5 Å². The summed E-state index contributed by atoms with van der Waals surface area (Å²) >= 11 is 6.32. The summed E-state index contributed by atoms with van der Waals surface area (Å²) in [6, 6.07) is 13.7. The zero-order chi connectivity index (χ0) is 36.7. The van der Waals surface area contributed by atoms with E-state index in [0.717, 1.165) is 47.4 Å². The van der Waals surface area contributed by atoms with Gasteiger partial charge >= 0.3 is 0 Å². The molecular formula is C38H58ClN5O4. The summed E-state index contributed by atoms with van der Waals surface area (Å²) in [6.07, 6.45) is 8.96. The summed E-state index contributed by atoms with van der Waals surface area (Å²) in [4.78, 5) is 50.6. The molecule has 0 aromatic heterocycles. The Kier molecular flexibility index (Phi) is 22.6. The number of carbonyl (C=O) groups is 4. The topological polar surface area (TPSA) is 102 Å². The minimum Gasteiger partial charge on any atom is -0.344 e. The standard InChI is InChI=1S/C28H36ClN3O2.C7H15NO.C3H7NO/c1-6-11-24(26(29)7-2)16-17-31(5)28(34)27(32(21-33)20-30(4)8-3)19-22-14-15-23-12-9-10-13-25(23)18-22;1-7(2,3)6(5-9)8-4;1-4-2-3-5/h6-7,9-15,18,21,27H,1,8,16-17,19-20H2,2-5H3;5-6,8H,1-4H3;3-4H,2H2,1H3/b24-11-,26-7+;;. The van der Waals surface area contributed by atoms with Crippen molar-refractivity contribution in [3.05, 3.63) is 83.4 Å². The summed E-state index contributed by atoms with van der Waals surface area (Å²) in [5, 5.41) is 8.48. The molecule has 2 atom stereocenters. The van der Waals surface area contributed by atoms with Crippen molar-refractivity contribution in [1.82, 2.24) is 25.3 Å². The second-order valence-electron chi connectivity index (χ2n) is 12.4. The van der Waals surface area contributed by atoms with Crippen LogP contribution in [0.4, 0.5) is 0 Å². The minimum absolute atomic E-state index is 0.0301. The summed E-state index contributed by atoms with van der Waals surface area (Å²) in [5.41, 5.74) is 1.97.